The van der Waals surface area contributed by atoms with E-state index < -0.39 is 18.0 Å². The van der Waals surface area contributed by atoms with Crippen molar-refractivity contribution in [2.75, 3.05) is 0 Å². The molecule has 7 nitrogen and oxygen atoms in total. The van der Waals surface area contributed by atoms with Crippen molar-refractivity contribution >= 4 is 28.5 Å². The minimum Gasteiger partial charge on any atom is -0.349 e. The van der Waals surface area contributed by atoms with Gasteiger partial charge in [-0.25, -0.2) is 13.6 Å². The van der Waals surface area contributed by atoms with Gasteiger partial charge in [0, 0.05) is 30.7 Å². The molecule has 1 fully saturated rings. The Balaban J connectivity index is 1.32. The molecule has 38 heavy (non-hydrogen) atoms. The van der Waals surface area contributed by atoms with Crippen LogP contribution in [0.15, 0.2) is 53.6 Å². The number of hydrogen-bond donors (Lipinski definition) is 1. The molecular formula is C28H28ClF2N5O2. The lowest BCUT2D eigenvalue weighted by atomic mass is 9.85. The Hall–Kier alpha value is -3.59. The van der Waals surface area contributed by atoms with Gasteiger partial charge in [-0.1, -0.05) is 23.7 Å². The molecule has 0 unspecified atom stereocenters. The van der Waals surface area contributed by atoms with Gasteiger partial charge < -0.3 is 5.32 Å². The summed E-state index contributed by atoms with van der Waals surface area (Å²) in [6.07, 6.45) is 2.91. The summed E-state index contributed by atoms with van der Waals surface area (Å²) in [6, 6.07) is 10.7. The Kier molecular flexibility index (Phi) is 7.29. The lowest BCUT2D eigenvalue weighted by molar-refractivity contribution is 0.0904. The maximum atomic E-state index is 13.7. The molecule has 1 aromatic carbocycles. The van der Waals surface area contributed by atoms with E-state index in [9.17, 15) is 18.4 Å². The summed E-state index contributed by atoms with van der Waals surface area (Å²) in [5, 5.41) is 3.00. The molecule has 1 aliphatic rings. The van der Waals surface area contributed by atoms with Crippen LogP contribution in [-0.4, -0.2) is 31.1 Å². The van der Waals surface area contributed by atoms with Crippen molar-refractivity contribution in [2.45, 2.75) is 58.5 Å². The Labute approximate surface area is 223 Å². The van der Waals surface area contributed by atoms with E-state index in [-0.39, 0.29) is 28.2 Å². The minimum atomic E-state index is -2.87. The van der Waals surface area contributed by atoms with Crippen molar-refractivity contribution < 1.29 is 13.6 Å². The van der Waals surface area contributed by atoms with Crippen molar-refractivity contribution in [1.82, 2.24) is 24.4 Å². The first-order valence-corrected chi connectivity index (χ1v) is 13.0. The smallest absolute Gasteiger partial charge is 0.333 e. The van der Waals surface area contributed by atoms with E-state index >= 15 is 0 Å². The van der Waals surface area contributed by atoms with E-state index in [0.29, 0.717) is 19.4 Å². The summed E-state index contributed by atoms with van der Waals surface area (Å²) >= 11 is 5.90. The number of hydrogen-bond acceptors (Lipinski definition) is 4. The molecule has 0 spiro atoms. The highest BCUT2D eigenvalue weighted by Gasteiger charge is 2.27. The first-order chi connectivity index (χ1) is 18.2. The van der Waals surface area contributed by atoms with Crippen molar-refractivity contribution in [3.05, 3.63) is 86.8 Å². The van der Waals surface area contributed by atoms with Gasteiger partial charge in [0.2, 0.25) is 0 Å². The second kappa shape index (κ2) is 10.6. The van der Waals surface area contributed by atoms with Crippen LogP contribution in [0.2, 0.25) is 5.02 Å². The molecular weight excluding hydrogens is 512 g/mol. The molecule has 3 heterocycles. The molecule has 0 radical (unpaired) electrons. The average molecular weight is 540 g/mol. The van der Waals surface area contributed by atoms with E-state index in [4.69, 9.17) is 11.6 Å². The molecule has 0 bridgehead atoms. The van der Waals surface area contributed by atoms with Crippen molar-refractivity contribution in [3.8, 4) is 5.69 Å². The number of rotatable bonds is 6. The number of pyridine rings is 2. The second-order valence-corrected chi connectivity index (χ2v) is 10.3. The van der Waals surface area contributed by atoms with Gasteiger partial charge in [0.05, 0.1) is 27.3 Å². The number of aromatic nitrogens is 4. The van der Waals surface area contributed by atoms with Crippen LogP contribution in [0, 0.1) is 19.8 Å². The summed E-state index contributed by atoms with van der Waals surface area (Å²) in [6.45, 7) is 4.46. The van der Waals surface area contributed by atoms with Crippen LogP contribution in [-0.2, 0) is 6.54 Å². The molecule has 0 saturated heterocycles. The summed E-state index contributed by atoms with van der Waals surface area (Å²) in [5.41, 5.74) is 3.50. The number of alkyl halides is 2. The number of fused-ring (bicyclic) bond motifs is 1. The third-order valence-corrected chi connectivity index (χ3v) is 7.67. The number of carbonyl (C=O) groups excluding carboxylic acids is 1. The first kappa shape index (κ1) is 26.0. The largest absolute Gasteiger partial charge is 0.349 e. The number of benzene rings is 1. The molecule has 0 atom stereocenters. The van der Waals surface area contributed by atoms with E-state index in [1.807, 2.05) is 48.7 Å². The predicted molar refractivity (Wildman–Crippen MR) is 142 cm³/mol. The third-order valence-electron chi connectivity index (χ3n) is 7.46. The van der Waals surface area contributed by atoms with Gasteiger partial charge >= 0.3 is 5.69 Å². The first-order valence-electron chi connectivity index (χ1n) is 12.6. The number of para-hydroxylation sites is 2. The molecule has 10 heteroatoms. The predicted octanol–water partition coefficient (Wildman–Crippen LogP) is 5.78. The zero-order valence-corrected chi connectivity index (χ0v) is 21.9. The summed E-state index contributed by atoms with van der Waals surface area (Å²) in [4.78, 5) is 34.4. The molecule has 0 aliphatic heterocycles. The summed E-state index contributed by atoms with van der Waals surface area (Å²) in [7, 11) is 0. The summed E-state index contributed by atoms with van der Waals surface area (Å²) in [5.74, 6) is -0.356. The van der Waals surface area contributed by atoms with Crippen LogP contribution in [0.4, 0.5) is 8.78 Å². The van der Waals surface area contributed by atoms with E-state index in [2.05, 4.69) is 15.3 Å². The number of carbonyl (C=O) groups is 1. The van der Waals surface area contributed by atoms with Gasteiger partial charge in [0.1, 0.15) is 5.69 Å². The van der Waals surface area contributed by atoms with E-state index in [1.54, 1.807) is 10.8 Å². The Morgan fingerprint density at radius 3 is 2.53 bits per heavy atom. The van der Waals surface area contributed by atoms with Gasteiger partial charge in [-0.05, 0) is 75.3 Å². The van der Waals surface area contributed by atoms with Crippen LogP contribution >= 0.6 is 11.6 Å². The number of aryl methyl sites for hydroxylation is 1. The standard InChI is InChI=1S/C28H28ClF2N5O2/c1-16-17(2)32-12-11-22(16)36-24-6-4-3-5-23(24)35(28(36)38)15-18-7-9-20(10-8-18)34-27(37)21-13-19(29)14-33-25(21)26(30)31/h3-6,11-14,18,20,26H,7-10,15H2,1-2H3,(H,34,37). The molecule has 5 rings (SSSR count). The van der Waals surface area contributed by atoms with E-state index in [0.717, 1.165) is 47.0 Å². The van der Waals surface area contributed by atoms with Crippen LogP contribution in [0.5, 0.6) is 0 Å². The molecule has 1 aliphatic carbocycles. The van der Waals surface area contributed by atoms with Crippen molar-refractivity contribution in [3.63, 3.8) is 0 Å². The normalized spacial score (nSPS) is 17.7. The molecule has 1 N–H and O–H groups in total. The lowest BCUT2D eigenvalue weighted by Crippen LogP contribution is -2.39. The number of halogens is 3. The highest BCUT2D eigenvalue weighted by Crippen LogP contribution is 2.29. The topological polar surface area (TPSA) is 81.8 Å². The fourth-order valence-corrected chi connectivity index (χ4v) is 5.46. The number of nitrogens with zero attached hydrogens (tertiary/aromatic N) is 4. The average Bonchev–Trinajstić information content (AvgIpc) is 3.17. The van der Waals surface area contributed by atoms with Crippen LogP contribution < -0.4 is 11.0 Å². The van der Waals surface area contributed by atoms with Gasteiger partial charge in [-0.3, -0.25) is 23.9 Å². The molecule has 4 aromatic rings. The zero-order chi connectivity index (χ0) is 27.0. The van der Waals surface area contributed by atoms with E-state index in [1.165, 1.54) is 6.07 Å². The quantitative estimate of drug-likeness (QED) is 0.337. The maximum Gasteiger partial charge on any atom is 0.333 e. The van der Waals surface area contributed by atoms with Gasteiger partial charge in [0.25, 0.3) is 12.3 Å². The van der Waals surface area contributed by atoms with Crippen LogP contribution in [0.1, 0.15) is 59.4 Å². The SMILES string of the molecule is Cc1nccc(-n2c(=O)n(CC3CCC(NC(=O)c4cc(Cl)cnc4C(F)F)CC3)c3ccccc32)c1C. The van der Waals surface area contributed by atoms with Gasteiger partial charge in [-0.2, -0.15) is 0 Å². The second-order valence-electron chi connectivity index (χ2n) is 9.84. The summed E-state index contributed by atoms with van der Waals surface area (Å²) < 4.78 is 30.3. The molecule has 1 amide bonds. The van der Waals surface area contributed by atoms with Crippen LogP contribution in [0.3, 0.4) is 0 Å². The zero-order valence-electron chi connectivity index (χ0n) is 21.1. The Morgan fingerprint density at radius 1 is 1.11 bits per heavy atom. The van der Waals surface area contributed by atoms with Crippen LogP contribution in [0.25, 0.3) is 16.7 Å². The fourth-order valence-electron chi connectivity index (χ4n) is 5.30. The van der Waals surface area contributed by atoms with Crippen molar-refractivity contribution in [2.24, 2.45) is 5.92 Å². The fraction of sp³-hybridized carbons (Fsp3) is 0.357. The van der Waals surface area contributed by atoms with Gasteiger partial charge in [-0.15, -0.1) is 0 Å². The highest BCUT2D eigenvalue weighted by atomic mass is 35.5. The monoisotopic (exact) mass is 539 g/mol. The minimum absolute atomic E-state index is 0.0942. The van der Waals surface area contributed by atoms with Crippen molar-refractivity contribution in [1.29, 1.82) is 0 Å². The molecule has 1 saturated carbocycles. The molecule has 3 aromatic heterocycles. The van der Waals surface area contributed by atoms with Gasteiger partial charge in [0.15, 0.2) is 0 Å². The Bertz CT molecular complexity index is 1560. The third kappa shape index (κ3) is 4.95. The lowest BCUT2D eigenvalue weighted by Gasteiger charge is -2.29. The number of imidazole rings is 1. The number of amides is 1. The molecule has 198 valence electrons. The Morgan fingerprint density at radius 2 is 1.82 bits per heavy atom. The highest BCUT2D eigenvalue weighted by molar-refractivity contribution is 6.30. The maximum absolute atomic E-state index is 13.7. The number of nitrogens with one attached hydrogen (secondary N) is 1.